The van der Waals surface area contributed by atoms with Crippen molar-refractivity contribution in [3.63, 3.8) is 0 Å². The van der Waals surface area contributed by atoms with Crippen LogP contribution in [0.5, 0.6) is 0 Å². The highest BCUT2D eigenvalue weighted by atomic mass is 15.2. The summed E-state index contributed by atoms with van der Waals surface area (Å²) in [6.45, 7) is 13.2. The van der Waals surface area contributed by atoms with Crippen LogP contribution in [0.25, 0.3) is 0 Å². The second kappa shape index (κ2) is 6.38. The molecule has 3 heteroatoms. The van der Waals surface area contributed by atoms with Crippen molar-refractivity contribution in [2.24, 2.45) is 11.8 Å². The topological polar surface area (TPSA) is 28.2 Å². The molecule has 1 fully saturated rings. The van der Waals surface area contributed by atoms with Gasteiger partial charge in [0.1, 0.15) is 5.82 Å². The Hall–Kier alpha value is -1.09. The molecule has 1 aromatic rings. The third-order valence-corrected chi connectivity index (χ3v) is 3.85. The molecule has 0 saturated carbocycles. The molecule has 2 atom stereocenters. The maximum atomic E-state index is 4.71. The number of pyridine rings is 1. The van der Waals surface area contributed by atoms with E-state index in [-0.39, 0.29) is 0 Å². The van der Waals surface area contributed by atoms with Gasteiger partial charge in [0.05, 0.1) is 0 Å². The number of anilines is 1. The quantitative estimate of drug-likeness (QED) is 0.903. The van der Waals surface area contributed by atoms with Gasteiger partial charge >= 0.3 is 0 Å². The summed E-state index contributed by atoms with van der Waals surface area (Å²) in [5, 5.41) is 3.35. The zero-order valence-corrected chi connectivity index (χ0v) is 12.7. The van der Waals surface area contributed by atoms with E-state index in [1.165, 1.54) is 23.4 Å². The zero-order chi connectivity index (χ0) is 13.8. The third-order valence-electron chi connectivity index (χ3n) is 3.85. The third kappa shape index (κ3) is 3.69. The van der Waals surface area contributed by atoms with Crippen LogP contribution < -0.4 is 10.2 Å². The largest absolute Gasteiger partial charge is 0.356 e. The van der Waals surface area contributed by atoms with Crippen molar-refractivity contribution in [2.75, 3.05) is 24.5 Å². The molecule has 0 bridgehead atoms. The Bertz CT molecular complexity index is 406. The molecule has 106 valence electrons. The van der Waals surface area contributed by atoms with E-state index < -0.39 is 0 Å². The van der Waals surface area contributed by atoms with E-state index in [0.717, 1.165) is 38.0 Å². The van der Waals surface area contributed by atoms with Crippen molar-refractivity contribution in [2.45, 2.75) is 40.7 Å². The van der Waals surface area contributed by atoms with Gasteiger partial charge in [0.2, 0.25) is 0 Å². The van der Waals surface area contributed by atoms with Crippen LogP contribution in [0.15, 0.2) is 12.3 Å². The Balaban J connectivity index is 2.11. The van der Waals surface area contributed by atoms with E-state index in [2.05, 4.69) is 44.0 Å². The van der Waals surface area contributed by atoms with E-state index >= 15 is 0 Å². The summed E-state index contributed by atoms with van der Waals surface area (Å²) in [6, 6.07) is 2.27. The maximum Gasteiger partial charge on any atom is 0.131 e. The smallest absolute Gasteiger partial charge is 0.131 e. The van der Waals surface area contributed by atoms with Crippen LogP contribution in [0.3, 0.4) is 0 Å². The molecule has 0 radical (unpaired) electrons. The highest BCUT2D eigenvalue weighted by molar-refractivity contribution is 5.47. The Morgan fingerprint density at radius 3 is 2.58 bits per heavy atom. The number of nitrogens with zero attached hydrogens (tertiary/aromatic N) is 2. The summed E-state index contributed by atoms with van der Waals surface area (Å²) in [4.78, 5) is 7.17. The van der Waals surface area contributed by atoms with Gasteiger partial charge in [-0.05, 0) is 48.9 Å². The van der Waals surface area contributed by atoms with Crippen molar-refractivity contribution in [3.8, 4) is 0 Å². The fourth-order valence-corrected chi connectivity index (χ4v) is 3.16. The summed E-state index contributed by atoms with van der Waals surface area (Å²) < 4.78 is 0. The lowest BCUT2D eigenvalue weighted by atomic mass is 9.91. The predicted octanol–water partition coefficient (Wildman–Crippen LogP) is 2.98. The maximum absolute atomic E-state index is 4.71. The van der Waals surface area contributed by atoms with E-state index in [1.807, 2.05) is 6.20 Å². The number of aromatic nitrogens is 1. The van der Waals surface area contributed by atoms with Crippen LogP contribution >= 0.6 is 0 Å². The van der Waals surface area contributed by atoms with Crippen molar-refractivity contribution in [1.29, 1.82) is 0 Å². The minimum atomic E-state index is 0.770. The highest BCUT2D eigenvalue weighted by Crippen LogP contribution is 2.27. The van der Waals surface area contributed by atoms with E-state index in [1.54, 1.807) is 0 Å². The van der Waals surface area contributed by atoms with Gasteiger partial charge in [0.15, 0.2) is 0 Å². The molecule has 0 spiro atoms. The normalized spacial score (nSPS) is 23.7. The SMILES string of the molecule is CCNCc1cnc(N2CC(C)CC(C)C2)c(C)c1. The molecule has 2 heterocycles. The van der Waals surface area contributed by atoms with Gasteiger partial charge in [0.25, 0.3) is 0 Å². The first-order valence-corrected chi connectivity index (χ1v) is 7.51. The molecule has 0 aromatic carbocycles. The molecule has 2 unspecified atom stereocenters. The van der Waals surface area contributed by atoms with Gasteiger partial charge in [-0.25, -0.2) is 4.98 Å². The van der Waals surface area contributed by atoms with E-state index in [0.29, 0.717) is 0 Å². The van der Waals surface area contributed by atoms with Crippen LogP contribution in [0.4, 0.5) is 5.82 Å². The van der Waals surface area contributed by atoms with Crippen LogP contribution in [-0.2, 0) is 6.54 Å². The monoisotopic (exact) mass is 261 g/mol. The van der Waals surface area contributed by atoms with Crippen LogP contribution in [-0.4, -0.2) is 24.6 Å². The average Bonchev–Trinajstić information content (AvgIpc) is 2.35. The summed E-state index contributed by atoms with van der Waals surface area (Å²) in [6.07, 6.45) is 3.36. The Morgan fingerprint density at radius 1 is 1.32 bits per heavy atom. The van der Waals surface area contributed by atoms with Crippen molar-refractivity contribution in [1.82, 2.24) is 10.3 Å². The molecule has 0 amide bonds. The summed E-state index contributed by atoms with van der Waals surface area (Å²) in [5.74, 6) is 2.72. The second-order valence-corrected chi connectivity index (χ2v) is 6.12. The highest BCUT2D eigenvalue weighted by Gasteiger charge is 2.23. The molecule has 1 aliphatic heterocycles. The molecule has 3 nitrogen and oxygen atoms in total. The van der Waals surface area contributed by atoms with Gasteiger partial charge in [0, 0.05) is 25.8 Å². The predicted molar refractivity (Wildman–Crippen MR) is 81.5 cm³/mol. The number of hydrogen-bond acceptors (Lipinski definition) is 3. The minimum absolute atomic E-state index is 0.770. The van der Waals surface area contributed by atoms with Gasteiger partial charge in [-0.3, -0.25) is 0 Å². The summed E-state index contributed by atoms with van der Waals surface area (Å²) in [7, 11) is 0. The van der Waals surface area contributed by atoms with E-state index in [4.69, 9.17) is 4.98 Å². The zero-order valence-electron chi connectivity index (χ0n) is 12.7. The Labute approximate surface area is 117 Å². The first-order chi connectivity index (χ1) is 9.10. The lowest BCUT2D eigenvalue weighted by molar-refractivity contribution is 0.355. The fourth-order valence-electron chi connectivity index (χ4n) is 3.16. The second-order valence-electron chi connectivity index (χ2n) is 6.12. The molecule has 2 rings (SSSR count). The molecule has 0 aliphatic carbocycles. The van der Waals surface area contributed by atoms with E-state index in [9.17, 15) is 0 Å². The molecule has 19 heavy (non-hydrogen) atoms. The number of rotatable bonds is 4. The lowest BCUT2D eigenvalue weighted by Gasteiger charge is -2.36. The minimum Gasteiger partial charge on any atom is -0.356 e. The fraction of sp³-hybridized carbons (Fsp3) is 0.688. The van der Waals surface area contributed by atoms with Crippen molar-refractivity contribution >= 4 is 5.82 Å². The summed E-state index contributed by atoms with van der Waals surface area (Å²) >= 11 is 0. The van der Waals surface area contributed by atoms with Crippen LogP contribution in [0, 0.1) is 18.8 Å². The summed E-state index contributed by atoms with van der Waals surface area (Å²) in [5.41, 5.74) is 2.58. The first kappa shape index (κ1) is 14.3. The number of nitrogens with one attached hydrogen (secondary N) is 1. The molecular weight excluding hydrogens is 234 g/mol. The molecule has 1 saturated heterocycles. The van der Waals surface area contributed by atoms with Gasteiger partial charge in [-0.15, -0.1) is 0 Å². The Kier molecular flexibility index (Phi) is 4.81. The van der Waals surface area contributed by atoms with Gasteiger partial charge < -0.3 is 10.2 Å². The lowest BCUT2D eigenvalue weighted by Crippen LogP contribution is -2.39. The van der Waals surface area contributed by atoms with Crippen LogP contribution in [0.2, 0.25) is 0 Å². The number of piperidine rings is 1. The average molecular weight is 261 g/mol. The van der Waals surface area contributed by atoms with Crippen LogP contribution in [0.1, 0.15) is 38.3 Å². The van der Waals surface area contributed by atoms with Crippen molar-refractivity contribution < 1.29 is 0 Å². The molecule has 1 aromatic heterocycles. The van der Waals surface area contributed by atoms with Gasteiger partial charge in [-0.2, -0.15) is 0 Å². The molecule has 1 N–H and O–H groups in total. The molecule has 1 aliphatic rings. The molecular formula is C16H27N3. The standard InChI is InChI=1S/C16H27N3/c1-5-17-8-15-7-14(4)16(18-9-15)19-10-12(2)6-13(3)11-19/h7,9,12-13,17H,5-6,8,10-11H2,1-4H3. The van der Waals surface area contributed by atoms with Crippen molar-refractivity contribution in [3.05, 3.63) is 23.4 Å². The van der Waals surface area contributed by atoms with Gasteiger partial charge in [-0.1, -0.05) is 20.8 Å². The first-order valence-electron chi connectivity index (χ1n) is 7.51. The Morgan fingerprint density at radius 2 is 2.00 bits per heavy atom. The number of aryl methyl sites for hydroxylation is 1. The number of hydrogen-bond donors (Lipinski definition) is 1.